The highest BCUT2D eigenvalue weighted by atomic mass is 15.2. The number of rotatable bonds is 4. The first kappa shape index (κ1) is 14.2. The molecule has 3 rings (SSSR count). The molecule has 2 aromatic rings. The van der Waals surface area contributed by atoms with Gasteiger partial charge in [0.1, 0.15) is 0 Å². The molecule has 0 radical (unpaired) electrons. The van der Waals surface area contributed by atoms with Gasteiger partial charge < -0.3 is 9.88 Å². The molecule has 1 fully saturated rings. The summed E-state index contributed by atoms with van der Waals surface area (Å²) in [6, 6.07) is 9.45. The SMILES string of the molecule is Cc1ccccc1C(C)Nc1nccn1C1CCCCC1. The monoisotopic (exact) mass is 283 g/mol. The minimum atomic E-state index is 0.274. The molecular formula is C18H25N3. The third-order valence-electron chi connectivity index (χ3n) is 4.64. The number of aryl methyl sites for hydroxylation is 1. The Kier molecular flexibility index (Phi) is 4.28. The van der Waals surface area contributed by atoms with Gasteiger partial charge >= 0.3 is 0 Å². The molecule has 3 nitrogen and oxygen atoms in total. The number of hydrogen-bond acceptors (Lipinski definition) is 2. The standard InChI is InChI=1S/C18H25N3/c1-14-8-6-7-11-17(14)15(2)20-18-19-12-13-21(18)16-9-4-3-5-10-16/h6-8,11-13,15-16H,3-5,9-10H2,1-2H3,(H,19,20). The van der Waals surface area contributed by atoms with Crippen LogP contribution in [-0.4, -0.2) is 9.55 Å². The summed E-state index contributed by atoms with van der Waals surface area (Å²) in [7, 11) is 0. The molecule has 112 valence electrons. The minimum absolute atomic E-state index is 0.274. The second-order valence-corrected chi connectivity index (χ2v) is 6.17. The summed E-state index contributed by atoms with van der Waals surface area (Å²) in [5, 5.41) is 3.60. The highest BCUT2D eigenvalue weighted by Crippen LogP contribution is 2.31. The van der Waals surface area contributed by atoms with Crippen LogP contribution in [0.5, 0.6) is 0 Å². The normalized spacial score (nSPS) is 17.6. The van der Waals surface area contributed by atoms with E-state index in [9.17, 15) is 0 Å². The van der Waals surface area contributed by atoms with Crippen LogP contribution in [0.3, 0.4) is 0 Å². The van der Waals surface area contributed by atoms with Gasteiger partial charge in [-0.1, -0.05) is 43.5 Å². The van der Waals surface area contributed by atoms with Gasteiger partial charge in [-0.2, -0.15) is 0 Å². The number of nitrogens with one attached hydrogen (secondary N) is 1. The zero-order valence-corrected chi connectivity index (χ0v) is 13.0. The van der Waals surface area contributed by atoms with E-state index in [1.807, 2.05) is 6.20 Å². The molecule has 0 spiro atoms. The molecule has 1 unspecified atom stereocenters. The molecule has 1 aromatic heterocycles. The number of benzene rings is 1. The molecule has 3 heteroatoms. The highest BCUT2D eigenvalue weighted by molar-refractivity contribution is 5.36. The molecular weight excluding hydrogens is 258 g/mol. The van der Waals surface area contributed by atoms with Crippen LogP contribution in [0.1, 0.15) is 62.2 Å². The largest absolute Gasteiger partial charge is 0.349 e. The quantitative estimate of drug-likeness (QED) is 0.867. The average Bonchev–Trinajstić information content (AvgIpc) is 2.96. The van der Waals surface area contributed by atoms with E-state index in [1.54, 1.807) is 0 Å². The Balaban J connectivity index is 1.76. The van der Waals surface area contributed by atoms with Crippen molar-refractivity contribution in [1.29, 1.82) is 0 Å². The van der Waals surface area contributed by atoms with Crippen LogP contribution >= 0.6 is 0 Å². The van der Waals surface area contributed by atoms with Gasteiger partial charge in [-0.05, 0) is 37.8 Å². The van der Waals surface area contributed by atoms with Crippen molar-refractivity contribution in [2.45, 2.75) is 58.0 Å². The second kappa shape index (κ2) is 6.33. The van der Waals surface area contributed by atoms with E-state index >= 15 is 0 Å². The van der Waals surface area contributed by atoms with Crippen molar-refractivity contribution in [2.75, 3.05) is 5.32 Å². The first-order chi connectivity index (χ1) is 10.3. The predicted octanol–water partition coefficient (Wildman–Crippen LogP) is 4.87. The Morgan fingerprint density at radius 2 is 1.95 bits per heavy atom. The Morgan fingerprint density at radius 1 is 1.19 bits per heavy atom. The van der Waals surface area contributed by atoms with Gasteiger partial charge in [0.2, 0.25) is 5.95 Å². The molecule has 1 aliphatic carbocycles. The maximum Gasteiger partial charge on any atom is 0.203 e. The van der Waals surface area contributed by atoms with Crippen LogP contribution in [0.25, 0.3) is 0 Å². The predicted molar refractivity (Wildman–Crippen MR) is 87.6 cm³/mol. The zero-order chi connectivity index (χ0) is 14.7. The zero-order valence-electron chi connectivity index (χ0n) is 13.0. The maximum atomic E-state index is 4.54. The number of aromatic nitrogens is 2. The Labute approximate surface area is 127 Å². The van der Waals surface area contributed by atoms with Gasteiger partial charge in [-0.3, -0.25) is 0 Å². The van der Waals surface area contributed by atoms with Crippen LogP contribution in [0.15, 0.2) is 36.7 Å². The second-order valence-electron chi connectivity index (χ2n) is 6.17. The molecule has 1 aliphatic rings. The highest BCUT2D eigenvalue weighted by Gasteiger charge is 2.19. The summed E-state index contributed by atoms with van der Waals surface area (Å²) in [5.74, 6) is 1.01. The lowest BCUT2D eigenvalue weighted by atomic mass is 9.95. The van der Waals surface area contributed by atoms with Crippen molar-refractivity contribution in [1.82, 2.24) is 9.55 Å². The third-order valence-corrected chi connectivity index (χ3v) is 4.64. The molecule has 1 saturated carbocycles. The molecule has 0 saturated heterocycles. The Hall–Kier alpha value is -1.77. The fourth-order valence-corrected chi connectivity index (χ4v) is 3.42. The molecule has 1 N–H and O–H groups in total. The first-order valence-corrected chi connectivity index (χ1v) is 8.10. The summed E-state index contributed by atoms with van der Waals surface area (Å²) in [5.41, 5.74) is 2.67. The number of anilines is 1. The fraction of sp³-hybridized carbons (Fsp3) is 0.500. The van der Waals surface area contributed by atoms with Gasteiger partial charge in [-0.25, -0.2) is 4.98 Å². The van der Waals surface area contributed by atoms with Crippen molar-refractivity contribution in [3.8, 4) is 0 Å². The van der Waals surface area contributed by atoms with Crippen LogP contribution in [0.4, 0.5) is 5.95 Å². The summed E-state index contributed by atoms with van der Waals surface area (Å²) >= 11 is 0. The number of nitrogens with zero attached hydrogens (tertiary/aromatic N) is 2. The van der Waals surface area contributed by atoms with Crippen molar-refractivity contribution in [3.63, 3.8) is 0 Å². The lowest BCUT2D eigenvalue weighted by Gasteiger charge is -2.26. The fourth-order valence-electron chi connectivity index (χ4n) is 3.42. The maximum absolute atomic E-state index is 4.54. The van der Waals surface area contributed by atoms with Gasteiger partial charge in [0.15, 0.2) is 0 Å². The molecule has 21 heavy (non-hydrogen) atoms. The van der Waals surface area contributed by atoms with Gasteiger partial charge in [0, 0.05) is 18.4 Å². The van der Waals surface area contributed by atoms with Gasteiger partial charge in [0.05, 0.1) is 6.04 Å². The lowest BCUT2D eigenvalue weighted by molar-refractivity contribution is 0.355. The molecule has 1 aromatic carbocycles. The Bertz CT molecular complexity index is 582. The number of imidazole rings is 1. The van der Waals surface area contributed by atoms with Crippen LogP contribution in [0.2, 0.25) is 0 Å². The van der Waals surface area contributed by atoms with Crippen LogP contribution in [0, 0.1) is 6.92 Å². The topological polar surface area (TPSA) is 29.9 Å². The molecule has 1 atom stereocenters. The smallest absolute Gasteiger partial charge is 0.203 e. The van der Waals surface area contributed by atoms with E-state index in [0.717, 1.165) is 5.95 Å². The Morgan fingerprint density at radius 3 is 2.71 bits per heavy atom. The van der Waals surface area contributed by atoms with E-state index in [4.69, 9.17) is 0 Å². The molecule has 1 heterocycles. The lowest BCUT2D eigenvalue weighted by Crippen LogP contribution is -2.17. The summed E-state index contributed by atoms with van der Waals surface area (Å²) in [4.78, 5) is 4.54. The molecule has 0 aliphatic heterocycles. The van der Waals surface area contributed by atoms with Crippen molar-refractivity contribution < 1.29 is 0 Å². The van der Waals surface area contributed by atoms with Crippen LogP contribution in [-0.2, 0) is 0 Å². The van der Waals surface area contributed by atoms with Crippen molar-refractivity contribution in [2.24, 2.45) is 0 Å². The van der Waals surface area contributed by atoms with Crippen molar-refractivity contribution >= 4 is 5.95 Å². The van der Waals surface area contributed by atoms with Gasteiger partial charge in [0.25, 0.3) is 0 Å². The van der Waals surface area contributed by atoms with Crippen LogP contribution < -0.4 is 5.32 Å². The molecule has 0 bridgehead atoms. The van der Waals surface area contributed by atoms with Crippen molar-refractivity contribution in [3.05, 3.63) is 47.8 Å². The first-order valence-electron chi connectivity index (χ1n) is 8.10. The third kappa shape index (κ3) is 3.12. The summed E-state index contributed by atoms with van der Waals surface area (Å²) in [6.07, 6.45) is 10.7. The average molecular weight is 283 g/mol. The van der Waals surface area contributed by atoms with E-state index in [1.165, 1.54) is 43.2 Å². The van der Waals surface area contributed by atoms with Gasteiger partial charge in [-0.15, -0.1) is 0 Å². The molecule has 0 amide bonds. The van der Waals surface area contributed by atoms with E-state index < -0.39 is 0 Å². The minimum Gasteiger partial charge on any atom is -0.349 e. The van der Waals surface area contributed by atoms with E-state index in [-0.39, 0.29) is 6.04 Å². The van der Waals surface area contributed by atoms with E-state index in [2.05, 4.69) is 59.2 Å². The van der Waals surface area contributed by atoms with E-state index in [0.29, 0.717) is 6.04 Å². The number of hydrogen-bond donors (Lipinski definition) is 1. The summed E-state index contributed by atoms with van der Waals surface area (Å²) < 4.78 is 2.34. The summed E-state index contributed by atoms with van der Waals surface area (Å²) in [6.45, 7) is 4.38.